The van der Waals surface area contributed by atoms with Gasteiger partial charge in [0, 0.05) is 17.3 Å². The Morgan fingerprint density at radius 3 is 2.65 bits per heavy atom. The van der Waals surface area contributed by atoms with Crippen molar-refractivity contribution in [1.82, 2.24) is 5.32 Å². The highest BCUT2D eigenvalue weighted by molar-refractivity contribution is 9.10. The number of benzene rings is 1. The van der Waals surface area contributed by atoms with Crippen LogP contribution in [0, 0.1) is 0 Å². The minimum atomic E-state index is -2.90. The highest BCUT2D eigenvalue weighted by atomic mass is 79.9. The minimum Gasteiger partial charge on any atom is -0.465 e. The first-order chi connectivity index (χ1) is 9.33. The smallest absolute Gasteiger partial charge is 0.337 e. The Morgan fingerprint density at radius 2 is 2.10 bits per heavy atom. The summed E-state index contributed by atoms with van der Waals surface area (Å²) < 4.78 is 27.4. The zero-order chi connectivity index (χ0) is 15.2. The second-order valence-electron chi connectivity index (χ2n) is 4.46. The fourth-order valence-corrected chi connectivity index (χ4v) is 2.81. The van der Waals surface area contributed by atoms with Gasteiger partial charge in [-0.25, -0.2) is 13.2 Å². The summed E-state index contributed by atoms with van der Waals surface area (Å²) in [5, 5.41) is 3.17. The van der Waals surface area contributed by atoms with Crippen molar-refractivity contribution in [3.05, 3.63) is 33.8 Å². The maximum Gasteiger partial charge on any atom is 0.337 e. The molecule has 0 bridgehead atoms. The van der Waals surface area contributed by atoms with Crippen LogP contribution in [0.1, 0.15) is 22.3 Å². The van der Waals surface area contributed by atoms with Crippen LogP contribution in [0.25, 0.3) is 0 Å². The molecule has 0 atom stereocenters. The molecule has 1 rings (SSSR count). The maximum atomic E-state index is 11.4. The molecule has 0 amide bonds. The van der Waals surface area contributed by atoms with Crippen LogP contribution < -0.4 is 5.32 Å². The molecule has 1 aromatic rings. The van der Waals surface area contributed by atoms with Crippen LogP contribution in [-0.2, 0) is 21.1 Å². The second kappa shape index (κ2) is 7.75. The highest BCUT2D eigenvalue weighted by Gasteiger charge is 2.08. The average Bonchev–Trinajstić information content (AvgIpc) is 2.37. The SMILES string of the molecule is COC(=O)c1ccc(CNCCCS(C)(=O)=O)c(Br)c1. The molecule has 0 heterocycles. The summed E-state index contributed by atoms with van der Waals surface area (Å²) in [6, 6.07) is 5.24. The Labute approximate surface area is 127 Å². The topological polar surface area (TPSA) is 72.5 Å². The molecule has 0 fully saturated rings. The number of carbonyl (C=O) groups excluding carboxylic acids is 1. The number of halogens is 1. The molecular weight excluding hydrogens is 346 g/mol. The van der Waals surface area contributed by atoms with Crippen LogP contribution in [0.4, 0.5) is 0 Å². The van der Waals surface area contributed by atoms with E-state index in [-0.39, 0.29) is 11.7 Å². The molecule has 0 saturated heterocycles. The number of carbonyl (C=O) groups is 1. The van der Waals surface area contributed by atoms with Crippen LogP contribution in [-0.4, -0.2) is 40.1 Å². The summed E-state index contributed by atoms with van der Waals surface area (Å²) in [4.78, 5) is 11.4. The van der Waals surface area contributed by atoms with E-state index in [1.165, 1.54) is 13.4 Å². The molecule has 1 N–H and O–H groups in total. The summed E-state index contributed by atoms with van der Waals surface area (Å²) in [5.41, 5.74) is 1.48. The molecule has 0 saturated carbocycles. The maximum absolute atomic E-state index is 11.4. The third kappa shape index (κ3) is 6.02. The average molecular weight is 364 g/mol. The van der Waals surface area contributed by atoms with Crippen LogP contribution in [0.15, 0.2) is 22.7 Å². The van der Waals surface area contributed by atoms with Gasteiger partial charge >= 0.3 is 5.97 Å². The van der Waals surface area contributed by atoms with Crippen LogP contribution in [0.2, 0.25) is 0 Å². The van der Waals surface area contributed by atoms with Gasteiger partial charge in [-0.1, -0.05) is 22.0 Å². The standard InChI is InChI=1S/C13H18BrNO4S/c1-19-13(16)10-4-5-11(12(14)8-10)9-15-6-3-7-20(2,17)18/h4-5,8,15H,3,6-7,9H2,1-2H3. The quantitative estimate of drug-likeness (QED) is 0.590. The van der Waals surface area contributed by atoms with Crippen molar-refractivity contribution in [3.8, 4) is 0 Å². The molecule has 0 unspecified atom stereocenters. The Bertz CT molecular complexity index is 572. The molecule has 0 aliphatic rings. The number of ether oxygens (including phenoxy) is 1. The van der Waals surface area contributed by atoms with Crippen molar-refractivity contribution < 1.29 is 17.9 Å². The van der Waals surface area contributed by atoms with Crippen LogP contribution in [0.5, 0.6) is 0 Å². The Hall–Kier alpha value is -0.920. The molecule has 112 valence electrons. The monoisotopic (exact) mass is 363 g/mol. The van der Waals surface area contributed by atoms with Crippen LogP contribution in [0.3, 0.4) is 0 Å². The third-order valence-electron chi connectivity index (χ3n) is 2.66. The predicted octanol–water partition coefficient (Wildman–Crippen LogP) is 1.76. The summed E-state index contributed by atoms with van der Waals surface area (Å²) in [6.07, 6.45) is 1.81. The van der Waals surface area contributed by atoms with E-state index in [0.29, 0.717) is 25.1 Å². The minimum absolute atomic E-state index is 0.183. The van der Waals surface area contributed by atoms with Gasteiger partial charge < -0.3 is 10.1 Å². The van der Waals surface area contributed by atoms with E-state index in [1.54, 1.807) is 12.1 Å². The van der Waals surface area contributed by atoms with Crippen molar-refractivity contribution in [2.75, 3.05) is 25.7 Å². The predicted molar refractivity (Wildman–Crippen MR) is 81.5 cm³/mol. The molecule has 0 spiro atoms. The molecule has 0 aromatic heterocycles. The zero-order valence-electron chi connectivity index (χ0n) is 11.5. The second-order valence-corrected chi connectivity index (χ2v) is 7.57. The molecule has 7 heteroatoms. The fourth-order valence-electron chi connectivity index (χ4n) is 1.62. The van der Waals surface area contributed by atoms with Crippen molar-refractivity contribution >= 4 is 31.7 Å². The van der Waals surface area contributed by atoms with Gasteiger partial charge in [0.05, 0.1) is 18.4 Å². The number of nitrogens with one attached hydrogen (secondary N) is 1. The summed E-state index contributed by atoms with van der Waals surface area (Å²) in [5.74, 6) is -0.194. The van der Waals surface area contributed by atoms with E-state index in [4.69, 9.17) is 0 Å². The molecule has 20 heavy (non-hydrogen) atoms. The number of hydrogen-bond donors (Lipinski definition) is 1. The Morgan fingerprint density at radius 1 is 1.40 bits per heavy atom. The van der Waals surface area contributed by atoms with E-state index in [2.05, 4.69) is 26.0 Å². The molecule has 0 aliphatic carbocycles. The Balaban J connectivity index is 2.47. The van der Waals surface area contributed by atoms with Crippen LogP contribution >= 0.6 is 15.9 Å². The van der Waals surface area contributed by atoms with Crippen molar-refractivity contribution in [3.63, 3.8) is 0 Å². The van der Waals surface area contributed by atoms with Crippen molar-refractivity contribution in [2.24, 2.45) is 0 Å². The molecule has 5 nitrogen and oxygen atoms in total. The first kappa shape index (κ1) is 17.1. The highest BCUT2D eigenvalue weighted by Crippen LogP contribution is 2.19. The fraction of sp³-hybridized carbons (Fsp3) is 0.462. The first-order valence-electron chi connectivity index (χ1n) is 6.08. The van der Waals surface area contributed by atoms with Gasteiger partial charge in [-0.15, -0.1) is 0 Å². The van der Waals surface area contributed by atoms with E-state index in [0.717, 1.165) is 10.0 Å². The van der Waals surface area contributed by atoms with Gasteiger partial charge in [0.1, 0.15) is 9.84 Å². The normalized spacial score (nSPS) is 11.3. The number of methoxy groups -OCH3 is 1. The third-order valence-corrected chi connectivity index (χ3v) is 4.43. The van der Waals surface area contributed by atoms with E-state index in [9.17, 15) is 13.2 Å². The molecule has 1 aromatic carbocycles. The Kier molecular flexibility index (Phi) is 6.64. The lowest BCUT2D eigenvalue weighted by Gasteiger charge is -2.08. The number of hydrogen-bond acceptors (Lipinski definition) is 5. The van der Waals surface area contributed by atoms with E-state index in [1.807, 2.05) is 6.07 Å². The number of rotatable bonds is 7. The lowest BCUT2D eigenvalue weighted by Crippen LogP contribution is -2.18. The first-order valence-corrected chi connectivity index (χ1v) is 8.94. The van der Waals surface area contributed by atoms with Gasteiger partial charge in [0.2, 0.25) is 0 Å². The van der Waals surface area contributed by atoms with Crippen molar-refractivity contribution in [1.29, 1.82) is 0 Å². The largest absolute Gasteiger partial charge is 0.465 e. The summed E-state index contributed by atoms with van der Waals surface area (Å²) >= 11 is 3.40. The molecule has 0 aliphatic heterocycles. The van der Waals surface area contributed by atoms with E-state index >= 15 is 0 Å². The number of esters is 1. The lowest BCUT2D eigenvalue weighted by molar-refractivity contribution is 0.0600. The summed E-state index contributed by atoms with van der Waals surface area (Å²) in [6.45, 7) is 1.23. The van der Waals surface area contributed by atoms with Crippen molar-refractivity contribution in [2.45, 2.75) is 13.0 Å². The van der Waals surface area contributed by atoms with Gasteiger partial charge in [-0.05, 0) is 30.7 Å². The zero-order valence-corrected chi connectivity index (χ0v) is 13.9. The van der Waals surface area contributed by atoms with E-state index < -0.39 is 9.84 Å². The number of sulfone groups is 1. The summed E-state index contributed by atoms with van der Waals surface area (Å²) in [7, 11) is -1.56. The van der Waals surface area contributed by atoms with Gasteiger partial charge in [0.15, 0.2) is 0 Å². The van der Waals surface area contributed by atoms with Gasteiger partial charge in [-0.3, -0.25) is 0 Å². The lowest BCUT2D eigenvalue weighted by atomic mass is 10.1. The molecule has 0 radical (unpaired) electrons. The molecular formula is C13H18BrNO4S. The van der Waals surface area contributed by atoms with Gasteiger partial charge in [0.25, 0.3) is 0 Å². The van der Waals surface area contributed by atoms with Gasteiger partial charge in [-0.2, -0.15) is 0 Å².